The molecule has 5 aromatic rings. The third-order valence-corrected chi connectivity index (χ3v) is 6.42. The number of pyridine rings is 1. The molecule has 0 fully saturated rings. The molecule has 0 aliphatic heterocycles. The maximum Gasteiger partial charge on any atom is 0.348 e. The van der Waals surface area contributed by atoms with Gasteiger partial charge in [-0.3, -0.25) is 4.98 Å². The molecule has 1 aromatic carbocycles. The van der Waals surface area contributed by atoms with Crippen LogP contribution in [-0.4, -0.2) is 37.1 Å². The third-order valence-electron chi connectivity index (χ3n) is 5.31. The summed E-state index contributed by atoms with van der Waals surface area (Å²) in [6.07, 6.45) is 1.85. The molecule has 156 valence electrons. The van der Waals surface area contributed by atoms with Crippen molar-refractivity contribution in [2.24, 2.45) is 7.05 Å². The molecule has 4 aromatic heterocycles. The normalized spacial score (nSPS) is 11.5. The standard InChI is InChI=1S/C23H21N5O2S/c1-4-30-23(29)19-11-18-22(31-19)20-17(28(18)13-15-8-6-5-7-9-15)10-16(12-24-20)21-14(2)25-26-27(21)3/h5-12H,4,13H2,1-3H3. The van der Waals surface area contributed by atoms with Gasteiger partial charge in [0.1, 0.15) is 10.4 Å². The Balaban J connectivity index is 1.73. The number of esters is 1. The number of benzene rings is 1. The van der Waals surface area contributed by atoms with Gasteiger partial charge in [-0.25, -0.2) is 9.48 Å². The van der Waals surface area contributed by atoms with Gasteiger partial charge in [0.25, 0.3) is 0 Å². The zero-order valence-corrected chi connectivity index (χ0v) is 18.3. The van der Waals surface area contributed by atoms with Crippen LogP contribution >= 0.6 is 11.3 Å². The molecular weight excluding hydrogens is 410 g/mol. The second kappa shape index (κ2) is 7.63. The maximum absolute atomic E-state index is 12.3. The number of nitrogens with zero attached hydrogens (tertiary/aromatic N) is 5. The number of ether oxygens (including phenoxy) is 1. The van der Waals surface area contributed by atoms with Crippen molar-refractivity contribution in [1.29, 1.82) is 0 Å². The molecule has 5 rings (SSSR count). The van der Waals surface area contributed by atoms with E-state index in [0.717, 1.165) is 38.2 Å². The van der Waals surface area contributed by atoms with Crippen LogP contribution in [0.15, 0.2) is 48.7 Å². The van der Waals surface area contributed by atoms with Gasteiger partial charge in [-0.05, 0) is 31.5 Å². The van der Waals surface area contributed by atoms with E-state index >= 15 is 0 Å². The fourth-order valence-corrected chi connectivity index (χ4v) is 5.00. The first kappa shape index (κ1) is 19.4. The van der Waals surface area contributed by atoms with E-state index in [2.05, 4.69) is 33.1 Å². The lowest BCUT2D eigenvalue weighted by atomic mass is 10.1. The third kappa shape index (κ3) is 3.29. The summed E-state index contributed by atoms with van der Waals surface area (Å²) in [5, 5.41) is 8.30. The van der Waals surface area contributed by atoms with E-state index in [9.17, 15) is 4.79 Å². The van der Waals surface area contributed by atoms with Crippen LogP contribution < -0.4 is 0 Å². The number of rotatable bonds is 5. The van der Waals surface area contributed by atoms with Crippen LogP contribution in [0, 0.1) is 6.92 Å². The van der Waals surface area contributed by atoms with Crippen molar-refractivity contribution in [2.75, 3.05) is 6.61 Å². The highest BCUT2D eigenvalue weighted by Crippen LogP contribution is 2.37. The van der Waals surface area contributed by atoms with E-state index in [1.165, 1.54) is 16.9 Å². The monoisotopic (exact) mass is 431 g/mol. The summed E-state index contributed by atoms with van der Waals surface area (Å²) in [6.45, 7) is 4.79. The topological polar surface area (TPSA) is 74.8 Å². The number of carbonyl (C=O) groups excluding carboxylic acids is 1. The van der Waals surface area contributed by atoms with E-state index in [1.54, 1.807) is 4.68 Å². The first-order chi connectivity index (χ1) is 15.1. The minimum atomic E-state index is -0.295. The molecule has 0 amide bonds. The van der Waals surface area contributed by atoms with Crippen molar-refractivity contribution in [2.45, 2.75) is 20.4 Å². The van der Waals surface area contributed by atoms with Crippen LogP contribution in [0.3, 0.4) is 0 Å². The van der Waals surface area contributed by atoms with Crippen LogP contribution in [0.4, 0.5) is 0 Å². The van der Waals surface area contributed by atoms with Crippen LogP contribution in [0.1, 0.15) is 27.9 Å². The minimum absolute atomic E-state index is 0.295. The van der Waals surface area contributed by atoms with Gasteiger partial charge in [-0.15, -0.1) is 16.4 Å². The zero-order chi connectivity index (χ0) is 21.5. The SMILES string of the molecule is CCOC(=O)c1cc2c(s1)c1ncc(-c3c(C)nnn3C)cc1n2Cc1ccccc1. The lowest BCUT2D eigenvalue weighted by molar-refractivity contribution is 0.0532. The summed E-state index contributed by atoms with van der Waals surface area (Å²) in [6, 6.07) is 14.3. The molecule has 0 radical (unpaired) electrons. The Hall–Kier alpha value is -3.52. The molecule has 0 unspecified atom stereocenters. The molecule has 31 heavy (non-hydrogen) atoms. The first-order valence-corrected chi connectivity index (χ1v) is 10.9. The van der Waals surface area contributed by atoms with Crippen molar-refractivity contribution in [3.05, 3.63) is 64.8 Å². The molecule has 0 aliphatic rings. The largest absolute Gasteiger partial charge is 0.462 e. The van der Waals surface area contributed by atoms with Crippen molar-refractivity contribution >= 4 is 38.6 Å². The predicted molar refractivity (Wildman–Crippen MR) is 121 cm³/mol. The summed E-state index contributed by atoms with van der Waals surface area (Å²) in [5.74, 6) is -0.295. The maximum atomic E-state index is 12.3. The Morgan fingerprint density at radius 1 is 1.16 bits per heavy atom. The number of carbonyl (C=O) groups is 1. The quantitative estimate of drug-likeness (QED) is 0.381. The van der Waals surface area contributed by atoms with Gasteiger partial charge in [-0.2, -0.15) is 0 Å². The second-order valence-electron chi connectivity index (χ2n) is 7.36. The molecule has 0 aliphatic carbocycles. The van der Waals surface area contributed by atoms with E-state index in [-0.39, 0.29) is 5.97 Å². The number of aryl methyl sites for hydroxylation is 2. The Morgan fingerprint density at radius 3 is 2.68 bits per heavy atom. The summed E-state index contributed by atoms with van der Waals surface area (Å²) in [4.78, 5) is 17.7. The summed E-state index contributed by atoms with van der Waals surface area (Å²) < 4.78 is 10.2. The lowest BCUT2D eigenvalue weighted by Crippen LogP contribution is -2.03. The highest BCUT2D eigenvalue weighted by molar-refractivity contribution is 7.21. The average molecular weight is 432 g/mol. The Kier molecular flexibility index (Phi) is 4.78. The van der Waals surface area contributed by atoms with Crippen LogP contribution in [0.2, 0.25) is 0 Å². The summed E-state index contributed by atoms with van der Waals surface area (Å²) >= 11 is 1.43. The summed E-state index contributed by atoms with van der Waals surface area (Å²) in [5.41, 5.74) is 6.81. The van der Waals surface area contributed by atoms with Crippen molar-refractivity contribution < 1.29 is 9.53 Å². The molecule has 0 saturated heterocycles. The van der Waals surface area contributed by atoms with Crippen LogP contribution in [0.5, 0.6) is 0 Å². The fraction of sp³-hybridized carbons (Fsp3) is 0.217. The Bertz CT molecular complexity index is 1400. The van der Waals surface area contributed by atoms with Gasteiger partial charge in [0.05, 0.1) is 33.7 Å². The van der Waals surface area contributed by atoms with Gasteiger partial charge >= 0.3 is 5.97 Å². The molecule has 0 saturated carbocycles. The van der Waals surface area contributed by atoms with Gasteiger partial charge in [0, 0.05) is 25.4 Å². The number of thiophene rings is 1. The lowest BCUT2D eigenvalue weighted by Gasteiger charge is -2.09. The predicted octanol–water partition coefficient (Wildman–Crippen LogP) is 4.58. The van der Waals surface area contributed by atoms with Gasteiger partial charge in [0.15, 0.2) is 0 Å². The fourth-order valence-electron chi connectivity index (χ4n) is 3.94. The molecule has 0 atom stereocenters. The van der Waals surface area contributed by atoms with Crippen LogP contribution in [-0.2, 0) is 18.3 Å². The van der Waals surface area contributed by atoms with Crippen molar-refractivity contribution in [3.8, 4) is 11.3 Å². The van der Waals surface area contributed by atoms with Gasteiger partial charge in [-0.1, -0.05) is 35.5 Å². The highest BCUT2D eigenvalue weighted by Gasteiger charge is 2.21. The molecular formula is C23H21N5O2S. The number of aromatic nitrogens is 5. The van der Waals surface area contributed by atoms with E-state index in [0.29, 0.717) is 18.0 Å². The number of fused-ring (bicyclic) bond motifs is 3. The van der Waals surface area contributed by atoms with Gasteiger partial charge in [0.2, 0.25) is 0 Å². The van der Waals surface area contributed by atoms with Crippen molar-refractivity contribution in [3.63, 3.8) is 0 Å². The smallest absolute Gasteiger partial charge is 0.348 e. The molecule has 0 spiro atoms. The molecule has 8 heteroatoms. The summed E-state index contributed by atoms with van der Waals surface area (Å²) in [7, 11) is 1.88. The van der Waals surface area contributed by atoms with E-state index in [1.807, 2.05) is 51.4 Å². The Labute approximate surface area is 182 Å². The van der Waals surface area contributed by atoms with E-state index < -0.39 is 0 Å². The Morgan fingerprint density at radius 2 is 1.97 bits per heavy atom. The van der Waals surface area contributed by atoms with Crippen LogP contribution in [0.25, 0.3) is 32.5 Å². The highest BCUT2D eigenvalue weighted by atomic mass is 32.1. The van der Waals surface area contributed by atoms with E-state index in [4.69, 9.17) is 9.72 Å². The first-order valence-electron chi connectivity index (χ1n) is 10.1. The number of hydrogen-bond acceptors (Lipinski definition) is 6. The second-order valence-corrected chi connectivity index (χ2v) is 8.41. The molecule has 7 nitrogen and oxygen atoms in total. The molecule has 4 heterocycles. The van der Waals surface area contributed by atoms with Crippen molar-refractivity contribution in [1.82, 2.24) is 24.5 Å². The van der Waals surface area contributed by atoms with Gasteiger partial charge < -0.3 is 9.30 Å². The zero-order valence-electron chi connectivity index (χ0n) is 17.5. The molecule has 0 bridgehead atoms. The molecule has 0 N–H and O–H groups in total. The average Bonchev–Trinajstić information content (AvgIpc) is 3.43. The minimum Gasteiger partial charge on any atom is -0.462 e. The number of hydrogen-bond donors (Lipinski definition) is 0.